The second kappa shape index (κ2) is 5.66. The molecule has 1 aromatic carbocycles. The summed E-state index contributed by atoms with van der Waals surface area (Å²) in [6.07, 6.45) is 2.61. The topological polar surface area (TPSA) is 30.7 Å². The fourth-order valence-corrected chi connectivity index (χ4v) is 2.69. The lowest BCUT2D eigenvalue weighted by molar-refractivity contribution is 0.875. The van der Waals surface area contributed by atoms with E-state index in [1.165, 1.54) is 5.56 Å². The van der Waals surface area contributed by atoms with Crippen molar-refractivity contribution in [1.29, 1.82) is 0 Å². The zero-order valence-electron chi connectivity index (χ0n) is 11.8. The molecule has 0 radical (unpaired) electrons. The van der Waals surface area contributed by atoms with E-state index in [2.05, 4.69) is 29.0 Å². The van der Waals surface area contributed by atoms with Gasteiger partial charge in [-0.3, -0.25) is 4.57 Å². The SMILES string of the molecule is CCc1cccc(-n2c(C(C)Cl)nc3cc(Cl)cnc32)c1. The summed E-state index contributed by atoms with van der Waals surface area (Å²) in [7, 11) is 0. The normalized spacial score (nSPS) is 12.8. The fourth-order valence-electron chi connectivity index (χ4n) is 2.39. The maximum absolute atomic E-state index is 6.30. The Balaban J connectivity index is 2.30. The van der Waals surface area contributed by atoms with Gasteiger partial charge in [-0.1, -0.05) is 30.7 Å². The third-order valence-electron chi connectivity index (χ3n) is 3.42. The molecule has 0 saturated carbocycles. The predicted octanol–water partition coefficient (Wildman–Crippen LogP) is 4.94. The van der Waals surface area contributed by atoms with Crippen molar-refractivity contribution in [3.05, 3.63) is 52.9 Å². The number of pyridine rings is 1. The second-order valence-corrected chi connectivity index (χ2v) is 6.03. The molecular weight excluding hydrogens is 305 g/mol. The summed E-state index contributed by atoms with van der Waals surface area (Å²) in [4.78, 5) is 9.01. The van der Waals surface area contributed by atoms with E-state index in [4.69, 9.17) is 23.2 Å². The number of hydrogen-bond donors (Lipinski definition) is 0. The average molecular weight is 320 g/mol. The van der Waals surface area contributed by atoms with Gasteiger partial charge in [0.15, 0.2) is 5.65 Å². The van der Waals surface area contributed by atoms with E-state index in [1.54, 1.807) is 6.20 Å². The number of imidazole rings is 1. The van der Waals surface area contributed by atoms with Gasteiger partial charge >= 0.3 is 0 Å². The first-order valence-corrected chi connectivity index (χ1v) is 7.69. The number of hydrogen-bond acceptors (Lipinski definition) is 2. The molecule has 1 unspecified atom stereocenters. The molecule has 0 bridgehead atoms. The quantitative estimate of drug-likeness (QED) is 0.640. The zero-order chi connectivity index (χ0) is 15.0. The highest BCUT2D eigenvalue weighted by Crippen LogP contribution is 2.28. The van der Waals surface area contributed by atoms with Gasteiger partial charge in [-0.25, -0.2) is 9.97 Å². The van der Waals surface area contributed by atoms with Gasteiger partial charge in [0.05, 0.1) is 10.4 Å². The van der Waals surface area contributed by atoms with Crippen molar-refractivity contribution in [3.8, 4) is 5.69 Å². The Hall–Kier alpha value is -1.58. The smallest absolute Gasteiger partial charge is 0.164 e. The second-order valence-electron chi connectivity index (χ2n) is 4.94. The molecule has 0 spiro atoms. The molecule has 0 fully saturated rings. The third kappa shape index (κ3) is 2.63. The van der Waals surface area contributed by atoms with Crippen LogP contribution in [-0.2, 0) is 6.42 Å². The number of aryl methyl sites for hydroxylation is 1. The van der Waals surface area contributed by atoms with Crippen LogP contribution in [0.2, 0.25) is 5.02 Å². The van der Waals surface area contributed by atoms with Gasteiger partial charge in [0.25, 0.3) is 0 Å². The first kappa shape index (κ1) is 14.4. The molecule has 3 nitrogen and oxygen atoms in total. The van der Waals surface area contributed by atoms with E-state index >= 15 is 0 Å². The van der Waals surface area contributed by atoms with Gasteiger partial charge < -0.3 is 0 Å². The Morgan fingerprint density at radius 3 is 2.81 bits per heavy atom. The van der Waals surface area contributed by atoms with E-state index in [9.17, 15) is 0 Å². The van der Waals surface area contributed by atoms with Gasteiger partial charge in [0.1, 0.15) is 11.3 Å². The van der Waals surface area contributed by atoms with Crippen molar-refractivity contribution < 1.29 is 0 Å². The largest absolute Gasteiger partial charge is 0.279 e. The van der Waals surface area contributed by atoms with Crippen LogP contribution in [-0.4, -0.2) is 14.5 Å². The van der Waals surface area contributed by atoms with Gasteiger partial charge in [0, 0.05) is 11.9 Å². The summed E-state index contributed by atoms with van der Waals surface area (Å²) in [5.74, 6) is 0.773. The number of alkyl halides is 1. The van der Waals surface area contributed by atoms with Crippen LogP contribution in [0.15, 0.2) is 36.5 Å². The van der Waals surface area contributed by atoms with Crippen LogP contribution in [0, 0.1) is 0 Å². The summed E-state index contributed by atoms with van der Waals surface area (Å²) >= 11 is 12.3. The molecule has 21 heavy (non-hydrogen) atoms. The molecule has 0 saturated heterocycles. The highest BCUT2D eigenvalue weighted by molar-refractivity contribution is 6.31. The summed E-state index contributed by atoms with van der Waals surface area (Å²) in [5, 5.41) is 0.353. The molecule has 3 rings (SSSR count). The van der Waals surface area contributed by atoms with E-state index in [-0.39, 0.29) is 5.38 Å². The van der Waals surface area contributed by atoms with Crippen LogP contribution < -0.4 is 0 Å². The maximum atomic E-state index is 6.30. The van der Waals surface area contributed by atoms with Crippen molar-refractivity contribution in [2.45, 2.75) is 25.6 Å². The first-order valence-electron chi connectivity index (χ1n) is 6.87. The van der Waals surface area contributed by atoms with Gasteiger partial charge in [-0.2, -0.15) is 0 Å². The summed E-state index contributed by atoms with van der Waals surface area (Å²) < 4.78 is 2.00. The minimum atomic E-state index is -0.219. The Morgan fingerprint density at radius 2 is 2.10 bits per heavy atom. The molecule has 0 amide bonds. The average Bonchev–Trinajstić information content (AvgIpc) is 2.86. The number of fused-ring (bicyclic) bond motifs is 1. The Kier molecular flexibility index (Phi) is 3.87. The molecule has 2 heterocycles. The van der Waals surface area contributed by atoms with Crippen molar-refractivity contribution in [1.82, 2.24) is 14.5 Å². The lowest BCUT2D eigenvalue weighted by Crippen LogP contribution is -2.03. The highest BCUT2D eigenvalue weighted by Gasteiger charge is 2.17. The molecule has 0 N–H and O–H groups in total. The van der Waals surface area contributed by atoms with Crippen molar-refractivity contribution in [3.63, 3.8) is 0 Å². The Labute approximate surface area is 133 Å². The van der Waals surface area contributed by atoms with E-state index < -0.39 is 0 Å². The standard InChI is InChI=1S/C16H15Cl2N3/c1-3-11-5-4-6-13(7-11)21-15(10(2)17)20-14-8-12(18)9-19-16(14)21/h4-10H,3H2,1-2H3. The van der Waals surface area contributed by atoms with Crippen molar-refractivity contribution in [2.75, 3.05) is 0 Å². The summed E-state index contributed by atoms with van der Waals surface area (Å²) in [6.45, 7) is 4.04. The number of nitrogens with zero attached hydrogens (tertiary/aromatic N) is 3. The lowest BCUT2D eigenvalue weighted by atomic mass is 10.1. The third-order valence-corrected chi connectivity index (χ3v) is 3.82. The summed E-state index contributed by atoms with van der Waals surface area (Å²) in [5.41, 5.74) is 3.81. The molecule has 0 aliphatic heterocycles. The zero-order valence-corrected chi connectivity index (χ0v) is 13.4. The molecule has 5 heteroatoms. The van der Waals surface area contributed by atoms with E-state index in [0.717, 1.165) is 29.1 Å². The molecule has 3 aromatic rings. The van der Waals surface area contributed by atoms with Crippen LogP contribution in [0.1, 0.15) is 30.6 Å². The summed E-state index contributed by atoms with van der Waals surface area (Å²) in [6, 6.07) is 10.1. The van der Waals surface area contributed by atoms with Gasteiger partial charge in [-0.15, -0.1) is 11.6 Å². The van der Waals surface area contributed by atoms with Crippen LogP contribution in [0.3, 0.4) is 0 Å². The molecule has 1 atom stereocenters. The highest BCUT2D eigenvalue weighted by atomic mass is 35.5. The van der Waals surface area contributed by atoms with Crippen LogP contribution >= 0.6 is 23.2 Å². The monoisotopic (exact) mass is 319 g/mol. The minimum absolute atomic E-state index is 0.219. The minimum Gasteiger partial charge on any atom is -0.279 e. The van der Waals surface area contributed by atoms with E-state index in [0.29, 0.717) is 5.02 Å². The molecule has 0 aliphatic carbocycles. The number of halogens is 2. The molecular formula is C16H15Cl2N3. The number of aromatic nitrogens is 3. The van der Waals surface area contributed by atoms with Crippen LogP contribution in [0.25, 0.3) is 16.9 Å². The van der Waals surface area contributed by atoms with Crippen molar-refractivity contribution >= 4 is 34.4 Å². The van der Waals surface area contributed by atoms with Crippen LogP contribution in [0.4, 0.5) is 0 Å². The number of rotatable bonds is 3. The number of benzene rings is 1. The van der Waals surface area contributed by atoms with Crippen molar-refractivity contribution in [2.24, 2.45) is 0 Å². The maximum Gasteiger partial charge on any atom is 0.164 e. The predicted molar refractivity (Wildman–Crippen MR) is 87.5 cm³/mol. The molecule has 108 valence electrons. The van der Waals surface area contributed by atoms with Gasteiger partial charge in [-0.05, 0) is 37.1 Å². The Morgan fingerprint density at radius 1 is 1.29 bits per heavy atom. The van der Waals surface area contributed by atoms with Gasteiger partial charge in [0.2, 0.25) is 0 Å². The molecule has 2 aromatic heterocycles. The first-order chi connectivity index (χ1) is 10.1. The van der Waals surface area contributed by atoms with Crippen LogP contribution in [0.5, 0.6) is 0 Å². The molecule has 0 aliphatic rings. The Bertz CT molecular complexity index is 793. The lowest BCUT2D eigenvalue weighted by Gasteiger charge is -2.11. The van der Waals surface area contributed by atoms with E-state index in [1.807, 2.05) is 29.7 Å². The fraction of sp³-hybridized carbons (Fsp3) is 0.250.